The van der Waals surface area contributed by atoms with Crippen molar-refractivity contribution in [3.63, 3.8) is 0 Å². The second kappa shape index (κ2) is 8.01. The summed E-state index contributed by atoms with van der Waals surface area (Å²) in [4.78, 5) is 16.8. The van der Waals surface area contributed by atoms with E-state index in [-0.39, 0.29) is 28.5 Å². The predicted octanol–water partition coefficient (Wildman–Crippen LogP) is 4.18. The zero-order valence-electron chi connectivity index (χ0n) is 17.2. The highest BCUT2D eigenvalue weighted by molar-refractivity contribution is 7.89. The topological polar surface area (TPSA) is 97.8 Å². The molecule has 0 saturated heterocycles. The van der Waals surface area contributed by atoms with Gasteiger partial charge in [0.25, 0.3) is 5.91 Å². The highest BCUT2D eigenvalue weighted by Gasteiger charge is 2.30. The molecule has 0 unspecified atom stereocenters. The first-order valence-electron chi connectivity index (χ1n) is 9.61. The number of ether oxygens (including phenoxy) is 2. The molecule has 160 valence electrons. The molecule has 0 saturated carbocycles. The molecule has 3 aromatic rings. The first-order chi connectivity index (χ1) is 14.8. The number of pyridine rings is 1. The Labute approximate surface area is 180 Å². The number of hydrogen-bond acceptors (Lipinski definition) is 6. The summed E-state index contributed by atoms with van der Waals surface area (Å²) in [5.41, 5.74) is 1.54. The summed E-state index contributed by atoms with van der Waals surface area (Å²) in [7, 11) is -2.47. The third-order valence-corrected chi connectivity index (χ3v) is 6.84. The van der Waals surface area contributed by atoms with Crippen molar-refractivity contribution in [1.29, 1.82) is 0 Å². The van der Waals surface area contributed by atoms with Crippen molar-refractivity contribution >= 4 is 21.6 Å². The zero-order valence-corrected chi connectivity index (χ0v) is 18.1. The Hall–Kier alpha value is -3.43. The number of rotatable bonds is 5. The Balaban J connectivity index is 1.90. The molecule has 0 aliphatic carbocycles. The fraction of sp³-hybridized carbons (Fsp3) is 0.182. The van der Waals surface area contributed by atoms with Crippen LogP contribution in [-0.4, -0.2) is 37.2 Å². The average Bonchev–Trinajstić information content (AvgIpc) is 2.88. The number of benzene rings is 2. The van der Waals surface area contributed by atoms with Gasteiger partial charge in [0.15, 0.2) is 11.5 Å². The molecule has 9 heteroatoms. The number of anilines is 1. The molecule has 1 aliphatic heterocycles. The molecule has 2 heterocycles. The lowest BCUT2D eigenvalue weighted by Gasteiger charge is -2.19. The number of sulfonamides is 1. The maximum atomic E-state index is 13.2. The van der Waals surface area contributed by atoms with Gasteiger partial charge in [0.1, 0.15) is 16.4 Å². The number of carbonyl (C=O) groups excluding carboxylic acids is 1. The molecule has 1 aromatic heterocycles. The van der Waals surface area contributed by atoms with Crippen molar-refractivity contribution in [2.24, 2.45) is 0 Å². The van der Waals surface area contributed by atoms with Gasteiger partial charge >= 0.3 is 0 Å². The minimum Gasteiger partial charge on any atom is -0.454 e. The van der Waals surface area contributed by atoms with Gasteiger partial charge in [-0.1, -0.05) is 13.0 Å². The molecule has 2 aromatic carbocycles. The van der Waals surface area contributed by atoms with Crippen LogP contribution in [0, 0.1) is 6.92 Å². The van der Waals surface area contributed by atoms with Gasteiger partial charge in [-0.05, 0) is 42.8 Å². The molecule has 1 aliphatic rings. The summed E-state index contributed by atoms with van der Waals surface area (Å²) in [6, 6.07) is 11.4. The standard InChI is InChI=1S/C22H21N3O5S/c1-4-25(3)31(27,28)21-11-16-19(12-20(21)29-15-6-5-9-23-13-15)30-18-8-7-14(2)10-17(18)24-22(16)26/h5-13H,4H2,1-3H3,(H,24,26). The summed E-state index contributed by atoms with van der Waals surface area (Å²) in [5.74, 6) is 0.564. The van der Waals surface area contributed by atoms with Crippen molar-refractivity contribution in [1.82, 2.24) is 9.29 Å². The first-order valence-corrected chi connectivity index (χ1v) is 11.1. The second-order valence-electron chi connectivity index (χ2n) is 7.06. The predicted molar refractivity (Wildman–Crippen MR) is 115 cm³/mol. The summed E-state index contributed by atoms with van der Waals surface area (Å²) in [6.07, 6.45) is 3.05. The molecule has 0 atom stereocenters. The van der Waals surface area contributed by atoms with Crippen molar-refractivity contribution in [3.8, 4) is 23.0 Å². The molecule has 0 fully saturated rings. The van der Waals surface area contributed by atoms with E-state index < -0.39 is 15.9 Å². The lowest BCUT2D eigenvalue weighted by Crippen LogP contribution is -2.27. The summed E-state index contributed by atoms with van der Waals surface area (Å²) in [5, 5.41) is 2.79. The number of fused-ring (bicyclic) bond motifs is 2. The highest BCUT2D eigenvalue weighted by Crippen LogP contribution is 2.42. The van der Waals surface area contributed by atoms with E-state index in [0.717, 1.165) is 5.56 Å². The Morgan fingerprint density at radius 1 is 1.16 bits per heavy atom. The lowest BCUT2D eigenvalue weighted by atomic mass is 10.1. The molecule has 4 rings (SSSR count). The number of amides is 1. The van der Waals surface area contributed by atoms with E-state index in [0.29, 0.717) is 17.2 Å². The second-order valence-corrected chi connectivity index (χ2v) is 9.07. The van der Waals surface area contributed by atoms with Crippen LogP contribution >= 0.6 is 0 Å². The summed E-state index contributed by atoms with van der Waals surface area (Å²) < 4.78 is 39.4. The van der Waals surface area contributed by atoms with Gasteiger partial charge in [-0.15, -0.1) is 0 Å². The smallest absolute Gasteiger partial charge is 0.259 e. The van der Waals surface area contributed by atoms with Crippen molar-refractivity contribution < 1.29 is 22.7 Å². The third-order valence-electron chi connectivity index (χ3n) is 4.89. The maximum absolute atomic E-state index is 13.2. The first kappa shape index (κ1) is 20.8. The molecule has 1 amide bonds. The van der Waals surface area contributed by atoms with Gasteiger partial charge in [-0.3, -0.25) is 9.78 Å². The molecule has 31 heavy (non-hydrogen) atoms. The third kappa shape index (κ3) is 3.97. The van der Waals surface area contributed by atoms with Gasteiger partial charge in [0.2, 0.25) is 10.0 Å². The molecule has 1 N–H and O–H groups in total. The molecule has 0 bridgehead atoms. The SMILES string of the molecule is CCN(C)S(=O)(=O)c1cc2c(cc1Oc1cccnc1)Oc1ccc(C)cc1NC2=O. The largest absolute Gasteiger partial charge is 0.454 e. The van der Waals surface area contributed by atoms with E-state index in [9.17, 15) is 13.2 Å². The van der Waals surface area contributed by atoms with Gasteiger partial charge in [0, 0.05) is 25.9 Å². The van der Waals surface area contributed by atoms with Crippen LogP contribution in [0.3, 0.4) is 0 Å². The van der Waals surface area contributed by atoms with E-state index in [1.54, 1.807) is 37.4 Å². The van der Waals surface area contributed by atoms with Crippen LogP contribution in [0.1, 0.15) is 22.8 Å². The van der Waals surface area contributed by atoms with Crippen LogP contribution in [-0.2, 0) is 10.0 Å². The van der Waals surface area contributed by atoms with Crippen LogP contribution in [0.5, 0.6) is 23.0 Å². The number of nitrogens with zero attached hydrogens (tertiary/aromatic N) is 2. The quantitative estimate of drug-likeness (QED) is 0.640. The van der Waals surface area contributed by atoms with E-state index in [2.05, 4.69) is 10.3 Å². The van der Waals surface area contributed by atoms with Gasteiger partial charge < -0.3 is 14.8 Å². The summed E-state index contributed by atoms with van der Waals surface area (Å²) in [6.45, 7) is 3.87. The molecular formula is C22H21N3O5S. The fourth-order valence-corrected chi connectivity index (χ4v) is 4.39. The van der Waals surface area contributed by atoms with E-state index >= 15 is 0 Å². The molecule has 8 nitrogen and oxygen atoms in total. The fourth-order valence-electron chi connectivity index (χ4n) is 3.10. The number of aromatic nitrogens is 1. The van der Waals surface area contributed by atoms with Gasteiger partial charge in [-0.25, -0.2) is 12.7 Å². The van der Waals surface area contributed by atoms with Gasteiger partial charge in [-0.2, -0.15) is 0 Å². The van der Waals surface area contributed by atoms with Crippen LogP contribution in [0.2, 0.25) is 0 Å². The van der Waals surface area contributed by atoms with E-state index in [4.69, 9.17) is 9.47 Å². The van der Waals surface area contributed by atoms with E-state index in [1.165, 1.54) is 29.7 Å². The Morgan fingerprint density at radius 3 is 2.68 bits per heavy atom. The van der Waals surface area contributed by atoms with Crippen molar-refractivity contribution in [3.05, 3.63) is 66.0 Å². The number of hydrogen-bond donors (Lipinski definition) is 1. The molecule has 0 radical (unpaired) electrons. The highest BCUT2D eigenvalue weighted by atomic mass is 32.2. The number of nitrogens with one attached hydrogen (secondary N) is 1. The summed E-state index contributed by atoms with van der Waals surface area (Å²) >= 11 is 0. The van der Waals surface area contributed by atoms with Crippen LogP contribution in [0.4, 0.5) is 5.69 Å². The lowest BCUT2D eigenvalue weighted by molar-refractivity contribution is 0.102. The maximum Gasteiger partial charge on any atom is 0.259 e. The number of aryl methyl sites for hydroxylation is 1. The van der Waals surface area contributed by atoms with Crippen molar-refractivity contribution in [2.45, 2.75) is 18.7 Å². The molecule has 0 spiro atoms. The minimum atomic E-state index is -3.93. The average molecular weight is 439 g/mol. The molecular weight excluding hydrogens is 418 g/mol. The minimum absolute atomic E-state index is 0.0374. The normalized spacial score (nSPS) is 13.0. The Kier molecular flexibility index (Phi) is 5.38. The number of carbonyl (C=O) groups is 1. The zero-order chi connectivity index (χ0) is 22.2. The Bertz CT molecular complexity index is 1260. The Morgan fingerprint density at radius 2 is 1.97 bits per heavy atom. The van der Waals surface area contributed by atoms with Crippen LogP contribution in [0.15, 0.2) is 59.8 Å². The van der Waals surface area contributed by atoms with Gasteiger partial charge in [0.05, 0.1) is 17.4 Å². The van der Waals surface area contributed by atoms with E-state index in [1.807, 2.05) is 13.0 Å². The van der Waals surface area contributed by atoms with Crippen LogP contribution < -0.4 is 14.8 Å². The van der Waals surface area contributed by atoms with Crippen LogP contribution in [0.25, 0.3) is 0 Å². The monoisotopic (exact) mass is 439 g/mol. The van der Waals surface area contributed by atoms with Crippen molar-refractivity contribution in [2.75, 3.05) is 18.9 Å².